The van der Waals surface area contributed by atoms with Gasteiger partial charge in [-0.15, -0.1) is 11.3 Å². The van der Waals surface area contributed by atoms with E-state index in [2.05, 4.69) is 16.9 Å². The van der Waals surface area contributed by atoms with Crippen LogP contribution in [0, 0.1) is 0 Å². The number of benzene rings is 1. The summed E-state index contributed by atoms with van der Waals surface area (Å²) in [6.45, 7) is 3.43. The number of rotatable bonds is 2. The van der Waals surface area contributed by atoms with Crippen LogP contribution < -0.4 is 0 Å². The monoisotopic (exact) mass is 287 g/mol. The van der Waals surface area contributed by atoms with E-state index in [4.69, 9.17) is 0 Å². The zero-order valence-corrected chi connectivity index (χ0v) is 12.3. The molecule has 0 bridgehead atoms. The molecule has 0 unspecified atom stereocenters. The minimum Gasteiger partial charge on any atom is -0.335 e. The molecule has 1 aliphatic rings. The van der Waals surface area contributed by atoms with Gasteiger partial charge in [0, 0.05) is 37.1 Å². The van der Waals surface area contributed by atoms with Crippen molar-refractivity contribution in [3.05, 3.63) is 41.4 Å². The SMILES string of the molecule is CN1CCN(C(=O)c2csc(-c3ccccc3)n2)CC1. The number of hydrogen-bond donors (Lipinski definition) is 0. The number of likely N-dealkylation sites (N-methyl/N-ethyl adjacent to an activating group) is 1. The highest BCUT2D eigenvalue weighted by Gasteiger charge is 2.22. The molecule has 1 aromatic carbocycles. The van der Waals surface area contributed by atoms with Gasteiger partial charge in [-0.05, 0) is 7.05 Å². The van der Waals surface area contributed by atoms with Crippen molar-refractivity contribution in [1.29, 1.82) is 0 Å². The number of carbonyl (C=O) groups excluding carboxylic acids is 1. The van der Waals surface area contributed by atoms with Crippen LogP contribution in [0.1, 0.15) is 10.5 Å². The fourth-order valence-electron chi connectivity index (χ4n) is 2.26. The first-order chi connectivity index (χ1) is 9.74. The summed E-state index contributed by atoms with van der Waals surface area (Å²) < 4.78 is 0. The third kappa shape index (κ3) is 2.73. The lowest BCUT2D eigenvalue weighted by Crippen LogP contribution is -2.47. The van der Waals surface area contributed by atoms with E-state index in [0.29, 0.717) is 5.69 Å². The van der Waals surface area contributed by atoms with Crippen molar-refractivity contribution < 1.29 is 4.79 Å². The number of thiazole rings is 1. The highest BCUT2D eigenvalue weighted by atomic mass is 32.1. The maximum absolute atomic E-state index is 12.4. The van der Waals surface area contributed by atoms with E-state index >= 15 is 0 Å². The van der Waals surface area contributed by atoms with Crippen LogP contribution in [0.2, 0.25) is 0 Å². The quantitative estimate of drug-likeness (QED) is 0.849. The van der Waals surface area contributed by atoms with Gasteiger partial charge in [-0.25, -0.2) is 4.98 Å². The lowest BCUT2D eigenvalue weighted by Gasteiger charge is -2.31. The molecule has 2 aromatic rings. The molecule has 1 amide bonds. The van der Waals surface area contributed by atoms with Crippen molar-refractivity contribution in [2.45, 2.75) is 0 Å². The number of amides is 1. The maximum Gasteiger partial charge on any atom is 0.273 e. The number of aromatic nitrogens is 1. The molecule has 0 aliphatic carbocycles. The van der Waals surface area contributed by atoms with E-state index in [1.54, 1.807) is 0 Å². The second-order valence-electron chi connectivity index (χ2n) is 5.00. The fraction of sp³-hybridized carbons (Fsp3) is 0.333. The van der Waals surface area contributed by atoms with Gasteiger partial charge in [0.15, 0.2) is 0 Å². The Morgan fingerprint density at radius 3 is 2.55 bits per heavy atom. The molecule has 20 heavy (non-hydrogen) atoms. The topological polar surface area (TPSA) is 36.4 Å². The Balaban J connectivity index is 1.75. The van der Waals surface area contributed by atoms with Gasteiger partial charge in [0.1, 0.15) is 10.7 Å². The van der Waals surface area contributed by atoms with E-state index in [1.807, 2.05) is 40.6 Å². The number of piperazine rings is 1. The number of carbonyl (C=O) groups is 1. The van der Waals surface area contributed by atoms with E-state index in [1.165, 1.54) is 11.3 Å². The van der Waals surface area contributed by atoms with Gasteiger partial charge < -0.3 is 9.80 Å². The van der Waals surface area contributed by atoms with Crippen LogP contribution >= 0.6 is 11.3 Å². The summed E-state index contributed by atoms with van der Waals surface area (Å²) >= 11 is 1.53. The highest BCUT2D eigenvalue weighted by Crippen LogP contribution is 2.24. The highest BCUT2D eigenvalue weighted by molar-refractivity contribution is 7.13. The molecule has 0 atom stereocenters. The molecule has 5 heteroatoms. The molecule has 104 valence electrons. The normalized spacial score (nSPS) is 16.4. The summed E-state index contributed by atoms with van der Waals surface area (Å²) in [7, 11) is 2.08. The Morgan fingerprint density at radius 2 is 1.85 bits per heavy atom. The van der Waals surface area contributed by atoms with Gasteiger partial charge in [0.2, 0.25) is 0 Å². The maximum atomic E-state index is 12.4. The molecule has 1 aliphatic heterocycles. The zero-order valence-electron chi connectivity index (χ0n) is 11.5. The molecule has 3 rings (SSSR count). The smallest absolute Gasteiger partial charge is 0.273 e. The first kappa shape index (κ1) is 13.3. The van der Waals surface area contributed by atoms with E-state index in [-0.39, 0.29) is 5.91 Å². The van der Waals surface area contributed by atoms with E-state index in [0.717, 1.165) is 36.8 Å². The van der Waals surface area contributed by atoms with E-state index < -0.39 is 0 Å². The van der Waals surface area contributed by atoms with Crippen molar-refractivity contribution in [2.75, 3.05) is 33.2 Å². The first-order valence-electron chi connectivity index (χ1n) is 6.73. The number of hydrogen-bond acceptors (Lipinski definition) is 4. The second-order valence-corrected chi connectivity index (χ2v) is 5.86. The minimum absolute atomic E-state index is 0.0523. The fourth-order valence-corrected chi connectivity index (χ4v) is 3.06. The summed E-state index contributed by atoms with van der Waals surface area (Å²) in [5.41, 5.74) is 1.63. The third-order valence-electron chi connectivity index (χ3n) is 3.53. The van der Waals surface area contributed by atoms with Gasteiger partial charge in [-0.3, -0.25) is 4.79 Å². The molecule has 1 aromatic heterocycles. The van der Waals surface area contributed by atoms with Crippen molar-refractivity contribution in [3.63, 3.8) is 0 Å². The average Bonchev–Trinajstić information content (AvgIpc) is 2.98. The van der Waals surface area contributed by atoms with Gasteiger partial charge >= 0.3 is 0 Å². The van der Waals surface area contributed by atoms with Gasteiger partial charge in [0.25, 0.3) is 5.91 Å². The van der Waals surface area contributed by atoms with Crippen LogP contribution in [-0.2, 0) is 0 Å². The summed E-state index contributed by atoms with van der Waals surface area (Å²) in [6.07, 6.45) is 0. The molecule has 2 heterocycles. The average molecular weight is 287 g/mol. The van der Waals surface area contributed by atoms with Crippen molar-refractivity contribution in [2.24, 2.45) is 0 Å². The van der Waals surface area contributed by atoms with Crippen LogP contribution in [0.3, 0.4) is 0 Å². The largest absolute Gasteiger partial charge is 0.335 e. The number of nitrogens with zero attached hydrogens (tertiary/aromatic N) is 3. The minimum atomic E-state index is 0.0523. The predicted octanol–water partition coefficient (Wildman–Crippen LogP) is 2.20. The summed E-state index contributed by atoms with van der Waals surface area (Å²) in [5.74, 6) is 0.0523. The summed E-state index contributed by atoms with van der Waals surface area (Å²) in [6, 6.07) is 9.98. The van der Waals surface area contributed by atoms with Gasteiger partial charge in [-0.2, -0.15) is 0 Å². The van der Waals surface area contributed by atoms with Crippen molar-refractivity contribution in [1.82, 2.24) is 14.8 Å². The van der Waals surface area contributed by atoms with Gasteiger partial charge in [0.05, 0.1) is 0 Å². The molecule has 0 N–H and O–H groups in total. The van der Waals surface area contributed by atoms with Crippen LogP contribution in [0.5, 0.6) is 0 Å². The Morgan fingerprint density at radius 1 is 1.15 bits per heavy atom. The molecule has 1 fully saturated rings. The molecule has 1 saturated heterocycles. The Hall–Kier alpha value is -1.72. The standard InChI is InChI=1S/C15H17N3OS/c1-17-7-9-18(10-8-17)15(19)13-11-20-14(16-13)12-5-3-2-4-6-12/h2-6,11H,7-10H2,1H3. The molecular weight excluding hydrogens is 270 g/mol. The Bertz CT molecular complexity index is 588. The Kier molecular flexibility index (Phi) is 3.80. The van der Waals surface area contributed by atoms with Crippen LogP contribution in [0.15, 0.2) is 35.7 Å². The predicted molar refractivity (Wildman–Crippen MR) is 81.0 cm³/mol. The lowest BCUT2D eigenvalue weighted by molar-refractivity contribution is 0.0659. The lowest BCUT2D eigenvalue weighted by atomic mass is 10.2. The Labute approximate surface area is 122 Å². The summed E-state index contributed by atoms with van der Waals surface area (Å²) in [4.78, 5) is 21.0. The van der Waals surface area contributed by atoms with E-state index in [9.17, 15) is 4.79 Å². The zero-order chi connectivity index (χ0) is 13.9. The van der Waals surface area contributed by atoms with Crippen LogP contribution in [0.4, 0.5) is 0 Å². The molecule has 0 saturated carbocycles. The van der Waals surface area contributed by atoms with Crippen molar-refractivity contribution in [3.8, 4) is 10.6 Å². The molecule has 0 spiro atoms. The van der Waals surface area contributed by atoms with Crippen molar-refractivity contribution >= 4 is 17.2 Å². The van der Waals surface area contributed by atoms with Crippen LogP contribution in [-0.4, -0.2) is 53.9 Å². The second kappa shape index (κ2) is 5.73. The first-order valence-corrected chi connectivity index (χ1v) is 7.61. The summed E-state index contributed by atoms with van der Waals surface area (Å²) in [5, 5.41) is 2.77. The molecule has 4 nitrogen and oxygen atoms in total. The third-order valence-corrected chi connectivity index (χ3v) is 4.43. The van der Waals surface area contributed by atoms with Gasteiger partial charge in [-0.1, -0.05) is 30.3 Å². The van der Waals surface area contributed by atoms with Crippen LogP contribution in [0.25, 0.3) is 10.6 Å². The molecular formula is C15H17N3OS. The molecule has 0 radical (unpaired) electrons.